The normalized spacial score (nSPS) is 18.3. The van der Waals surface area contributed by atoms with E-state index in [1.54, 1.807) is 36.4 Å². The number of nitrogens with one attached hydrogen (secondary N) is 1. The molecule has 1 heterocycles. The van der Waals surface area contributed by atoms with Crippen molar-refractivity contribution in [1.82, 2.24) is 0 Å². The van der Waals surface area contributed by atoms with Crippen LogP contribution in [-0.2, 0) is 14.8 Å². The highest BCUT2D eigenvalue weighted by molar-refractivity contribution is 7.89. The van der Waals surface area contributed by atoms with Gasteiger partial charge in [0.2, 0.25) is 16.3 Å². The van der Waals surface area contributed by atoms with Gasteiger partial charge in [-0.3, -0.25) is 4.79 Å². The molecule has 0 radical (unpaired) electrons. The van der Waals surface area contributed by atoms with Crippen molar-refractivity contribution in [3.63, 3.8) is 0 Å². The maximum Gasteiger partial charge on any atom is 0.238 e. The van der Waals surface area contributed by atoms with Gasteiger partial charge >= 0.3 is 0 Å². The number of fused-ring (bicyclic) bond motifs is 1. The van der Waals surface area contributed by atoms with Crippen molar-refractivity contribution in [3.8, 4) is 5.75 Å². The van der Waals surface area contributed by atoms with Gasteiger partial charge in [0.05, 0.1) is 16.0 Å². The van der Waals surface area contributed by atoms with E-state index < -0.39 is 16.3 Å². The summed E-state index contributed by atoms with van der Waals surface area (Å²) in [5.41, 5.74) is 1.37. The summed E-state index contributed by atoms with van der Waals surface area (Å²) in [5.74, 6) is 0.282. The second-order valence-corrected chi connectivity index (χ2v) is 7.11. The van der Waals surface area contributed by atoms with Crippen molar-refractivity contribution in [2.75, 3.05) is 11.9 Å². The van der Waals surface area contributed by atoms with E-state index in [4.69, 9.17) is 14.6 Å². The number of benzene rings is 2. The van der Waals surface area contributed by atoms with Gasteiger partial charge in [0.15, 0.2) is 5.78 Å². The summed E-state index contributed by atoms with van der Waals surface area (Å²) in [6.07, 6.45) is 0.684. The first kappa shape index (κ1) is 18.1. The average Bonchev–Trinajstić information content (AvgIpc) is 2.61. The van der Waals surface area contributed by atoms with E-state index >= 15 is 0 Å². The fourth-order valence-corrected chi connectivity index (χ4v) is 3.02. The molecule has 1 unspecified atom stereocenters. The number of hydrogen-bond acceptors (Lipinski definition) is 6. The monoisotopic (exact) mass is 374 g/mol. The first-order valence-corrected chi connectivity index (χ1v) is 9.46. The van der Waals surface area contributed by atoms with Gasteiger partial charge in [0.25, 0.3) is 0 Å². The topological polar surface area (TPSA) is 108 Å². The second kappa shape index (κ2) is 7.28. The lowest BCUT2D eigenvalue weighted by Gasteiger charge is -2.27. The highest BCUT2D eigenvalue weighted by Gasteiger charge is 2.32. The van der Waals surface area contributed by atoms with Gasteiger partial charge in [-0.05, 0) is 43.3 Å². The van der Waals surface area contributed by atoms with Crippen LogP contribution in [0.2, 0.25) is 0 Å². The molecule has 8 heteroatoms. The van der Waals surface area contributed by atoms with Gasteiger partial charge in [-0.25, -0.2) is 13.6 Å². The summed E-state index contributed by atoms with van der Waals surface area (Å²) in [6.45, 7) is 2.19. The largest absolute Gasteiger partial charge is 0.460 e. The summed E-state index contributed by atoms with van der Waals surface area (Å²) >= 11 is 0. The third kappa shape index (κ3) is 3.77. The number of sulfonamides is 1. The van der Waals surface area contributed by atoms with Crippen LogP contribution >= 0.6 is 0 Å². The van der Waals surface area contributed by atoms with Crippen LogP contribution in [0.3, 0.4) is 0 Å². The van der Waals surface area contributed by atoms with Crippen molar-refractivity contribution >= 4 is 21.5 Å². The molecule has 3 rings (SSSR count). The number of para-hydroxylation sites is 1. The number of nitrogens with two attached hydrogens (primary N) is 1. The van der Waals surface area contributed by atoms with Crippen molar-refractivity contribution in [1.29, 1.82) is 0 Å². The van der Waals surface area contributed by atoms with Crippen LogP contribution in [0, 0.1) is 0 Å². The zero-order valence-corrected chi connectivity index (χ0v) is 14.8. The maximum atomic E-state index is 12.7. The lowest BCUT2D eigenvalue weighted by Crippen LogP contribution is -2.33. The Labute approximate surface area is 151 Å². The number of carbonyl (C=O) groups excluding carboxylic acids is 1. The molecule has 26 heavy (non-hydrogen) atoms. The average molecular weight is 374 g/mol. The van der Waals surface area contributed by atoms with E-state index in [1.165, 1.54) is 18.3 Å². The lowest BCUT2D eigenvalue weighted by atomic mass is 10.00. The number of rotatable bonds is 5. The molecule has 0 saturated carbocycles. The van der Waals surface area contributed by atoms with Crippen LogP contribution in [0.5, 0.6) is 5.75 Å². The summed E-state index contributed by atoms with van der Waals surface area (Å²) in [4.78, 5) is 12.8. The van der Waals surface area contributed by atoms with Gasteiger partial charge in [-0.2, -0.15) is 0 Å². The van der Waals surface area contributed by atoms with Crippen molar-refractivity contribution < 1.29 is 22.7 Å². The minimum Gasteiger partial charge on any atom is -0.460 e. The molecule has 2 aromatic rings. The molecule has 0 bridgehead atoms. The standard InChI is InChI=1S/C18H18N2O5S/c1-2-24-18-15(17(21)14-5-3-4-6-16(14)25-18)11-20-12-7-9-13(10-8-12)26(19,22)23/h3-11,18,20H,2H2,1H3,(H2,19,22,23)/b15-11+. The molecule has 0 aromatic heterocycles. The van der Waals surface area contributed by atoms with Crippen LogP contribution in [0.15, 0.2) is 65.2 Å². The molecule has 2 aromatic carbocycles. The molecule has 0 amide bonds. The Morgan fingerprint density at radius 2 is 1.88 bits per heavy atom. The molecule has 0 fully saturated rings. The highest BCUT2D eigenvalue weighted by atomic mass is 32.2. The van der Waals surface area contributed by atoms with Gasteiger partial charge in [0.1, 0.15) is 5.75 Å². The van der Waals surface area contributed by atoms with E-state index in [-0.39, 0.29) is 10.7 Å². The molecule has 1 atom stereocenters. The molecule has 3 N–H and O–H groups in total. The Kier molecular flexibility index (Phi) is 5.08. The smallest absolute Gasteiger partial charge is 0.238 e. The number of hydrogen-bond donors (Lipinski definition) is 2. The van der Waals surface area contributed by atoms with E-state index in [0.717, 1.165) is 0 Å². The van der Waals surface area contributed by atoms with Crippen molar-refractivity contribution in [2.24, 2.45) is 5.14 Å². The quantitative estimate of drug-likeness (QED) is 0.778. The molecule has 1 aliphatic heterocycles. The number of anilines is 1. The molecule has 7 nitrogen and oxygen atoms in total. The van der Waals surface area contributed by atoms with Crippen LogP contribution in [-0.4, -0.2) is 27.1 Å². The third-order valence-corrected chi connectivity index (χ3v) is 4.71. The maximum absolute atomic E-state index is 12.7. The van der Waals surface area contributed by atoms with Crippen molar-refractivity contribution in [2.45, 2.75) is 18.1 Å². The van der Waals surface area contributed by atoms with Crippen LogP contribution in [0.4, 0.5) is 5.69 Å². The fourth-order valence-electron chi connectivity index (χ4n) is 2.51. The van der Waals surface area contributed by atoms with Crippen molar-refractivity contribution in [3.05, 3.63) is 65.9 Å². The Hall–Kier alpha value is -2.68. The minimum atomic E-state index is -3.75. The Balaban J connectivity index is 1.87. The highest BCUT2D eigenvalue weighted by Crippen LogP contribution is 2.31. The molecule has 136 valence electrons. The molecule has 0 spiro atoms. The molecular formula is C18H18N2O5S. The van der Waals surface area contributed by atoms with E-state index in [9.17, 15) is 13.2 Å². The summed E-state index contributed by atoms with van der Waals surface area (Å²) in [5, 5.41) is 8.04. The van der Waals surface area contributed by atoms with Crippen LogP contribution in [0.25, 0.3) is 0 Å². The third-order valence-electron chi connectivity index (χ3n) is 3.78. The molecule has 1 aliphatic rings. The molecule has 0 saturated heterocycles. The predicted octanol–water partition coefficient (Wildman–Crippen LogP) is 2.27. The minimum absolute atomic E-state index is 0.00824. The first-order valence-electron chi connectivity index (χ1n) is 7.91. The summed E-state index contributed by atoms with van der Waals surface area (Å²) in [7, 11) is -3.75. The van der Waals surface area contributed by atoms with E-state index in [0.29, 0.717) is 29.2 Å². The summed E-state index contributed by atoms with van der Waals surface area (Å²) in [6, 6.07) is 12.8. The number of Topliss-reactive ketones (excluding diaryl/α,β-unsaturated/α-hetero) is 1. The van der Waals surface area contributed by atoms with Crippen LogP contribution in [0.1, 0.15) is 17.3 Å². The van der Waals surface area contributed by atoms with E-state index in [2.05, 4.69) is 5.32 Å². The van der Waals surface area contributed by atoms with Gasteiger partial charge in [-0.15, -0.1) is 0 Å². The SMILES string of the molecule is CCOC1Oc2ccccc2C(=O)/C1=C\Nc1ccc(S(N)(=O)=O)cc1. The molecule has 0 aliphatic carbocycles. The molecular weight excluding hydrogens is 356 g/mol. The van der Waals surface area contributed by atoms with Crippen LogP contribution < -0.4 is 15.2 Å². The van der Waals surface area contributed by atoms with Gasteiger partial charge < -0.3 is 14.8 Å². The lowest BCUT2D eigenvalue weighted by molar-refractivity contribution is -0.0509. The van der Waals surface area contributed by atoms with Gasteiger partial charge in [-0.1, -0.05) is 12.1 Å². The zero-order valence-electron chi connectivity index (χ0n) is 14.0. The number of ether oxygens (including phenoxy) is 2. The predicted molar refractivity (Wildman–Crippen MR) is 96.3 cm³/mol. The van der Waals surface area contributed by atoms with Gasteiger partial charge in [0, 0.05) is 18.5 Å². The number of ketones is 1. The zero-order chi connectivity index (χ0) is 18.7. The second-order valence-electron chi connectivity index (χ2n) is 5.54. The Morgan fingerprint density at radius 3 is 2.54 bits per heavy atom. The fraction of sp³-hybridized carbons (Fsp3) is 0.167. The first-order chi connectivity index (χ1) is 12.4. The number of carbonyl (C=O) groups is 1. The Bertz CT molecular complexity index is 952. The Morgan fingerprint density at radius 1 is 1.19 bits per heavy atom. The van der Waals surface area contributed by atoms with E-state index in [1.807, 2.05) is 6.92 Å². The summed E-state index contributed by atoms with van der Waals surface area (Å²) < 4.78 is 33.9. The number of primary sulfonamides is 1.